The van der Waals surface area contributed by atoms with Crippen molar-refractivity contribution >= 4 is 5.71 Å². The summed E-state index contributed by atoms with van der Waals surface area (Å²) in [6.45, 7) is 8.52. The molecule has 0 aliphatic carbocycles. The van der Waals surface area contributed by atoms with Gasteiger partial charge < -0.3 is 0 Å². The van der Waals surface area contributed by atoms with Gasteiger partial charge in [0.15, 0.2) is 5.71 Å². The van der Waals surface area contributed by atoms with E-state index in [0.717, 1.165) is 31.0 Å². The fraction of sp³-hybridized carbons (Fsp3) is 0.450. The second-order valence-corrected chi connectivity index (χ2v) is 6.47. The summed E-state index contributed by atoms with van der Waals surface area (Å²) < 4.78 is 2.56. The van der Waals surface area contributed by atoms with Crippen molar-refractivity contribution in [2.75, 3.05) is 13.1 Å². The van der Waals surface area contributed by atoms with Gasteiger partial charge in [-0.2, -0.15) is 0 Å². The maximum atomic E-state index is 4.74. The average Bonchev–Trinajstić information content (AvgIpc) is 2.58. The average molecular weight is 308 g/mol. The SMILES string of the molecule is Cc1nc(C)c(C)c(CC(c2ccccc2)=[N+]2CCCCC2)n1. The van der Waals surface area contributed by atoms with Gasteiger partial charge in [-0.3, -0.25) is 0 Å². The van der Waals surface area contributed by atoms with E-state index in [2.05, 4.69) is 53.7 Å². The summed E-state index contributed by atoms with van der Waals surface area (Å²) in [5.41, 5.74) is 6.22. The minimum atomic E-state index is 0.870. The van der Waals surface area contributed by atoms with Crippen LogP contribution in [-0.2, 0) is 6.42 Å². The van der Waals surface area contributed by atoms with Gasteiger partial charge in [-0.15, -0.1) is 0 Å². The standard InChI is InChI=1S/C20H26N3/c1-15-16(2)21-17(3)22-19(15)14-20(18-10-6-4-7-11-18)23-12-8-5-9-13-23/h4,6-7,10-11H,5,8-9,12-14H2,1-3H3/q+1. The Kier molecular flexibility index (Phi) is 4.85. The van der Waals surface area contributed by atoms with E-state index < -0.39 is 0 Å². The summed E-state index contributed by atoms with van der Waals surface area (Å²) in [6, 6.07) is 10.8. The Balaban J connectivity index is 2.03. The Morgan fingerprint density at radius 3 is 2.35 bits per heavy atom. The lowest BCUT2D eigenvalue weighted by Gasteiger charge is -2.16. The third kappa shape index (κ3) is 3.66. The first-order valence-corrected chi connectivity index (χ1v) is 8.62. The molecule has 0 radical (unpaired) electrons. The molecule has 1 saturated heterocycles. The van der Waals surface area contributed by atoms with Gasteiger partial charge in [0.2, 0.25) is 0 Å². The van der Waals surface area contributed by atoms with E-state index in [-0.39, 0.29) is 0 Å². The Morgan fingerprint density at radius 2 is 1.65 bits per heavy atom. The molecule has 0 spiro atoms. The van der Waals surface area contributed by atoms with Crippen LogP contribution in [0, 0.1) is 20.8 Å². The van der Waals surface area contributed by atoms with Gasteiger partial charge in [-0.05, 0) is 44.9 Å². The number of hydrogen-bond acceptors (Lipinski definition) is 2. The number of rotatable bonds is 3. The van der Waals surface area contributed by atoms with E-state index in [1.165, 1.54) is 41.8 Å². The van der Waals surface area contributed by atoms with Crippen molar-refractivity contribution in [2.24, 2.45) is 0 Å². The van der Waals surface area contributed by atoms with Crippen molar-refractivity contribution in [1.29, 1.82) is 0 Å². The van der Waals surface area contributed by atoms with Crippen LogP contribution in [0.25, 0.3) is 0 Å². The zero-order valence-electron chi connectivity index (χ0n) is 14.5. The number of benzene rings is 1. The minimum Gasteiger partial charge on any atom is -0.238 e. The molecule has 0 bridgehead atoms. The third-order valence-electron chi connectivity index (χ3n) is 4.78. The molecule has 0 atom stereocenters. The summed E-state index contributed by atoms with van der Waals surface area (Å²) in [5, 5.41) is 0. The lowest BCUT2D eigenvalue weighted by atomic mass is 10.0. The molecule has 23 heavy (non-hydrogen) atoms. The van der Waals surface area contributed by atoms with E-state index in [0.29, 0.717) is 0 Å². The minimum absolute atomic E-state index is 0.870. The molecule has 0 unspecified atom stereocenters. The van der Waals surface area contributed by atoms with Crippen LogP contribution in [0.1, 0.15) is 47.6 Å². The highest BCUT2D eigenvalue weighted by Gasteiger charge is 2.22. The first-order chi connectivity index (χ1) is 11.1. The van der Waals surface area contributed by atoms with Crippen LogP contribution in [0.2, 0.25) is 0 Å². The van der Waals surface area contributed by atoms with Gasteiger partial charge in [-0.25, -0.2) is 14.5 Å². The summed E-state index contributed by atoms with van der Waals surface area (Å²) in [6.07, 6.45) is 4.82. The molecule has 0 N–H and O–H groups in total. The molecule has 1 aliphatic heterocycles. The fourth-order valence-corrected chi connectivity index (χ4v) is 3.36. The lowest BCUT2D eigenvalue weighted by molar-refractivity contribution is -0.537. The molecule has 1 fully saturated rings. The zero-order valence-corrected chi connectivity index (χ0v) is 14.5. The monoisotopic (exact) mass is 308 g/mol. The Hall–Kier alpha value is -2.03. The van der Waals surface area contributed by atoms with Crippen molar-refractivity contribution in [3.05, 3.63) is 58.7 Å². The van der Waals surface area contributed by atoms with Crippen LogP contribution in [0.4, 0.5) is 0 Å². The largest absolute Gasteiger partial charge is 0.238 e. The van der Waals surface area contributed by atoms with Gasteiger partial charge >= 0.3 is 0 Å². The molecule has 3 rings (SSSR count). The molecule has 1 aromatic heterocycles. The Morgan fingerprint density at radius 1 is 0.957 bits per heavy atom. The van der Waals surface area contributed by atoms with E-state index >= 15 is 0 Å². The molecular weight excluding hydrogens is 282 g/mol. The van der Waals surface area contributed by atoms with Gasteiger partial charge in [0.1, 0.15) is 18.9 Å². The van der Waals surface area contributed by atoms with Gasteiger partial charge in [0, 0.05) is 24.1 Å². The van der Waals surface area contributed by atoms with E-state index in [1.54, 1.807) is 0 Å². The normalized spacial score (nSPS) is 14.8. The zero-order chi connectivity index (χ0) is 16.2. The maximum Gasteiger partial charge on any atom is 0.189 e. The number of piperidine rings is 1. The van der Waals surface area contributed by atoms with Crippen LogP contribution in [0.5, 0.6) is 0 Å². The first-order valence-electron chi connectivity index (χ1n) is 8.62. The van der Waals surface area contributed by atoms with E-state index in [4.69, 9.17) is 4.98 Å². The summed E-state index contributed by atoms with van der Waals surface area (Å²) in [4.78, 5) is 9.23. The molecule has 1 aliphatic rings. The Labute approximate surface area is 139 Å². The van der Waals surface area contributed by atoms with Crippen LogP contribution >= 0.6 is 0 Å². The van der Waals surface area contributed by atoms with Crippen LogP contribution in [-0.4, -0.2) is 33.3 Å². The summed E-state index contributed by atoms with van der Waals surface area (Å²) >= 11 is 0. The molecule has 0 amide bonds. The van der Waals surface area contributed by atoms with Crippen molar-refractivity contribution in [3.8, 4) is 0 Å². The first kappa shape index (κ1) is 15.9. The van der Waals surface area contributed by atoms with Crippen molar-refractivity contribution in [3.63, 3.8) is 0 Å². The highest BCUT2D eigenvalue weighted by Crippen LogP contribution is 2.15. The molecule has 2 heterocycles. The van der Waals surface area contributed by atoms with Gasteiger partial charge in [0.25, 0.3) is 0 Å². The highest BCUT2D eigenvalue weighted by molar-refractivity contribution is 5.98. The molecular formula is C20H26N3+. The molecule has 3 nitrogen and oxygen atoms in total. The smallest absolute Gasteiger partial charge is 0.189 e. The van der Waals surface area contributed by atoms with Crippen molar-refractivity contribution < 1.29 is 4.58 Å². The number of hydrogen-bond donors (Lipinski definition) is 0. The third-order valence-corrected chi connectivity index (χ3v) is 4.78. The lowest BCUT2D eigenvalue weighted by Crippen LogP contribution is -2.29. The fourth-order valence-electron chi connectivity index (χ4n) is 3.36. The van der Waals surface area contributed by atoms with Crippen LogP contribution in [0.3, 0.4) is 0 Å². The maximum absolute atomic E-state index is 4.74. The molecule has 1 aromatic carbocycles. The van der Waals surface area contributed by atoms with Crippen LogP contribution < -0.4 is 0 Å². The molecule has 120 valence electrons. The van der Waals surface area contributed by atoms with E-state index in [9.17, 15) is 0 Å². The van der Waals surface area contributed by atoms with Crippen molar-refractivity contribution in [2.45, 2.75) is 46.5 Å². The second kappa shape index (κ2) is 7.03. The topological polar surface area (TPSA) is 28.8 Å². The van der Waals surface area contributed by atoms with E-state index in [1.807, 2.05) is 6.92 Å². The highest BCUT2D eigenvalue weighted by atomic mass is 15.0. The molecule has 3 heteroatoms. The second-order valence-electron chi connectivity index (χ2n) is 6.47. The predicted molar refractivity (Wildman–Crippen MR) is 94.3 cm³/mol. The van der Waals surface area contributed by atoms with Crippen LogP contribution in [0.15, 0.2) is 30.3 Å². The molecule has 2 aromatic rings. The number of nitrogens with zero attached hydrogens (tertiary/aromatic N) is 3. The predicted octanol–water partition coefficient (Wildman–Crippen LogP) is 3.63. The van der Waals surface area contributed by atoms with Gasteiger partial charge in [0.05, 0.1) is 12.1 Å². The number of aromatic nitrogens is 2. The molecule has 0 saturated carbocycles. The Bertz CT molecular complexity index is 709. The summed E-state index contributed by atoms with van der Waals surface area (Å²) in [7, 11) is 0. The quantitative estimate of drug-likeness (QED) is 0.810. The van der Waals surface area contributed by atoms with Crippen molar-refractivity contribution in [1.82, 2.24) is 9.97 Å². The number of aryl methyl sites for hydroxylation is 2. The van der Waals surface area contributed by atoms with Gasteiger partial charge in [-0.1, -0.05) is 18.2 Å². The summed E-state index contributed by atoms with van der Waals surface area (Å²) in [5.74, 6) is 0.870.